The lowest BCUT2D eigenvalue weighted by Crippen LogP contribution is -2.01. The molecule has 2 aromatic rings. The molecule has 0 aliphatic heterocycles. The van der Waals surface area contributed by atoms with Gasteiger partial charge in [-0.1, -0.05) is 54.6 Å². The van der Waals surface area contributed by atoms with Crippen LogP contribution in [0.5, 0.6) is 0 Å². The smallest absolute Gasteiger partial charge is 0.292 e. The zero-order valence-electron chi connectivity index (χ0n) is 10.3. The summed E-state index contributed by atoms with van der Waals surface area (Å²) in [5, 5.41) is 13.9. The lowest BCUT2D eigenvalue weighted by molar-refractivity contribution is -0.383. The molecule has 0 bridgehead atoms. The Morgan fingerprint density at radius 1 is 1.05 bits per heavy atom. The van der Waals surface area contributed by atoms with Crippen LogP contribution in [0.25, 0.3) is 6.08 Å². The number of nitrogens with zero attached hydrogens (tertiary/aromatic N) is 1. The fourth-order valence-corrected chi connectivity index (χ4v) is 1.71. The van der Waals surface area contributed by atoms with Gasteiger partial charge in [-0.05, 0) is 11.6 Å². The summed E-state index contributed by atoms with van der Waals surface area (Å²) in [7, 11) is 0. The third-order valence-corrected chi connectivity index (χ3v) is 2.62. The largest absolute Gasteiger partial charge is 0.376 e. The van der Waals surface area contributed by atoms with Crippen LogP contribution in [0.4, 0.5) is 11.4 Å². The molecule has 4 heteroatoms. The van der Waals surface area contributed by atoms with Crippen molar-refractivity contribution in [2.24, 2.45) is 0 Å². The summed E-state index contributed by atoms with van der Waals surface area (Å²) in [5.41, 5.74) is 1.73. The third-order valence-electron chi connectivity index (χ3n) is 2.62. The maximum Gasteiger partial charge on any atom is 0.292 e. The molecular weight excluding hydrogens is 240 g/mol. The van der Waals surface area contributed by atoms with Gasteiger partial charge in [-0.3, -0.25) is 10.1 Å². The first-order chi connectivity index (χ1) is 9.27. The van der Waals surface area contributed by atoms with Gasteiger partial charge in [-0.15, -0.1) is 0 Å². The Bertz CT molecular complexity index is 580. The van der Waals surface area contributed by atoms with Gasteiger partial charge in [0.1, 0.15) is 5.69 Å². The van der Waals surface area contributed by atoms with Gasteiger partial charge in [0.15, 0.2) is 0 Å². The van der Waals surface area contributed by atoms with Crippen LogP contribution in [0.2, 0.25) is 0 Å². The molecule has 4 nitrogen and oxygen atoms in total. The van der Waals surface area contributed by atoms with E-state index < -0.39 is 0 Å². The Labute approximate surface area is 111 Å². The van der Waals surface area contributed by atoms with Gasteiger partial charge in [-0.2, -0.15) is 0 Å². The number of nitrogens with one attached hydrogen (secondary N) is 1. The summed E-state index contributed by atoms with van der Waals surface area (Å²) in [6, 6.07) is 16.5. The molecule has 0 amide bonds. The van der Waals surface area contributed by atoms with Crippen LogP contribution >= 0.6 is 0 Å². The van der Waals surface area contributed by atoms with E-state index in [2.05, 4.69) is 5.32 Å². The molecular formula is C15H14N2O2. The predicted molar refractivity (Wildman–Crippen MR) is 77.1 cm³/mol. The normalized spacial score (nSPS) is 10.5. The fourth-order valence-electron chi connectivity index (χ4n) is 1.71. The highest BCUT2D eigenvalue weighted by Crippen LogP contribution is 2.22. The fraction of sp³-hybridized carbons (Fsp3) is 0.0667. The van der Waals surface area contributed by atoms with Crippen LogP contribution in [0, 0.1) is 10.1 Å². The quantitative estimate of drug-likeness (QED) is 0.653. The molecule has 0 saturated heterocycles. The minimum Gasteiger partial charge on any atom is -0.376 e. The number of para-hydroxylation sites is 2. The average molecular weight is 254 g/mol. The molecule has 2 aromatic carbocycles. The van der Waals surface area contributed by atoms with E-state index in [0.29, 0.717) is 12.2 Å². The molecule has 0 aliphatic carbocycles. The average Bonchev–Trinajstić information content (AvgIpc) is 2.45. The van der Waals surface area contributed by atoms with Crippen molar-refractivity contribution in [2.75, 3.05) is 11.9 Å². The Kier molecular flexibility index (Phi) is 4.29. The summed E-state index contributed by atoms with van der Waals surface area (Å²) < 4.78 is 0. The van der Waals surface area contributed by atoms with Gasteiger partial charge in [0, 0.05) is 12.6 Å². The van der Waals surface area contributed by atoms with Crippen LogP contribution in [0.3, 0.4) is 0 Å². The summed E-state index contributed by atoms with van der Waals surface area (Å²) in [6.45, 7) is 0.541. The molecule has 96 valence electrons. The molecule has 19 heavy (non-hydrogen) atoms. The Morgan fingerprint density at radius 3 is 2.47 bits per heavy atom. The minimum absolute atomic E-state index is 0.0932. The molecule has 0 spiro atoms. The van der Waals surface area contributed by atoms with Crippen molar-refractivity contribution in [1.82, 2.24) is 0 Å². The van der Waals surface area contributed by atoms with E-state index in [1.165, 1.54) is 6.07 Å². The third kappa shape index (κ3) is 3.67. The van der Waals surface area contributed by atoms with Gasteiger partial charge in [0.25, 0.3) is 5.69 Å². The Morgan fingerprint density at radius 2 is 1.74 bits per heavy atom. The highest BCUT2D eigenvalue weighted by Gasteiger charge is 2.10. The Hall–Kier alpha value is -2.62. The van der Waals surface area contributed by atoms with Crippen LogP contribution in [0.1, 0.15) is 5.56 Å². The topological polar surface area (TPSA) is 55.2 Å². The summed E-state index contributed by atoms with van der Waals surface area (Å²) >= 11 is 0. The summed E-state index contributed by atoms with van der Waals surface area (Å²) in [5.74, 6) is 0. The van der Waals surface area contributed by atoms with Crippen molar-refractivity contribution in [2.45, 2.75) is 0 Å². The maximum absolute atomic E-state index is 10.8. The molecule has 0 aliphatic rings. The maximum atomic E-state index is 10.8. The molecule has 0 saturated carbocycles. The second-order valence-corrected chi connectivity index (χ2v) is 3.97. The molecule has 1 N–H and O–H groups in total. The van der Waals surface area contributed by atoms with Crippen LogP contribution < -0.4 is 5.32 Å². The number of nitro benzene ring substituents is 1. The molecule has 2 rings (SSSR count). The van der Waals surface area contributed by atoms with Crippen LogP contribution in [0.15, 0.2) is 60.7 Å². The van der Waals surface area contributed by atoms with Crippen molar-refractivity contribution in [3.63, 3.8) is 0 Å². The number of rotatable bonds is 5. The van der Waals surface area contributed by atoms with E-state index in [1.54, 1.807) is 18.2 Å². The molecule has 0 unspecified atom stereocenters. The van der Waals surface area contributed by atoms with Crippen molar-refractivity contribution < 1.29 is 4.92 Å². The highest BCUT2D eigenvalue weighted by atomic mass is 16.6. The number of benzene rings is 2. The molecule has 0 aromatic heterocycles. The standard InChI is InChI=1S/C15H14N2O2/c18-17(19)15-11-5-4-10-14(15)16-12-6-9-13-7-2-1-3-8-13/h1-11,16H,12H2/b9-6+. The van der Waals surface area contributed by atoms with E-state index in [4.69, 9.17) is 0 Å². The first-order valence-corrected chi connectivity index (χ1v) is 5.96. The summed E-state index contributed by atoms with van der Waals surface area (Å²) in [4.78, 5) is 10.4. The number of hydrogen-bond donors (Lipinski definition) is 1. The van der Waals surface area contributed by atoms with Crippen molar-refractivity contribution in [3.05, 3.63) is 76.4 Å². The molecule has 0 heterocycles. The number of hydrogen-bond acceptors (Lipinski definition) is 3. The SMILES string of the molecule is O=[N+]([O-])c1ccccc1NC/C=C/c1ccccc1. The monoisotopic (exact) mass is 254 g/mol. The predicted octanol–water partition coefficient (Wildman–Crippen LogP) is 3.72. The van der Waals surface area contributed by atoms with Gasteiger partial charge in [0.05, 0.1) is 4.92 Å². The molecule has 0 atom stereocenters. The first-order valence-electron chi connectivity index (χ1n) is 5.96. The second-order valence-electron chi connectivity index (χ2n) is 3.97. The van der Waals surface area contributed by atoms with Gasteiger partial charge in [0.2, 0.25) is 0 Å². The van der Waals surface area contributed by atoms with E-state index in [9.17, 15) is 10.1 Å². The van der Waals surface area contributed by atoms with E-state index in [1.807, 2.05) is 42.5 Å². The van der Waals surface area contributed by atoms with Gasteiger partial charge < -0.3 is 5.32 Å². The number of anilines is 1. The second kappa shape index (κ2) is 6.35. The van der Waals surface area contributed by atoms with Crippen molar-refractivity contribution in [3.8, 4) is 0 Å². The lowest BCUT2D eigenvalue weighted by Gasteiger charge is -2.03. The molecule has 0 fully saturated rings. The first kappa shape index (κ1) is 12.8. The van der Waals surface area contributed by atoms with Crippen LogP contribution in [-0.4, -0.2) is 11.5 Å². The van der Waals surface area contributed by atoms with Gasteiger partial charge >= 0.3 is 0 Å². The highest BCUT2D eigenvalue weighted by molar-refractivity contribution is 5.61. The Balaban J connectivity index is 1.96. The van der Waals surface area contributed by atoms with Crippen LogP contribution in [-0.2, 0) is 0 Å². The van der Waals surface area contributed by atoms with E-state index in [0.717, 1.165) is 5.56 Å². The zero-order valence-corrected chi connectivity index (χ0v) is 10.3. The van der Waals surface area contributed by atoms with Crippen molar-refractivity contribution >= 4 is 17.5 Å². The zero-order chi connectivity index (χ0) is 13.5. The molecule has 0 radical (unpaired) electrons. The lowest BCUT2D eigenvalue weighted by atomic mass is 10.2. The minimum atomic E-state index is -0.386. The van der Waals surface area contributed by atoms with E-state index in [-0.39, 0.29) is 10.6 Å². The van der Waals surface area contributed by atoms with Gasteiger partial charge in [-0.25, -0.2) is 0 Å². The summed E-state index contributed by atoms with van der Waals surface area (Å²) in [6.07, 6.45) is 3.91. The number of nitro groups is 1. The van der Waals surface area contributed by atoms with Crippen molar-refractivity contribution in [1.29, 1.82) is 0 Å². The van der Waals surface area contributed by atoms with E-state index >= 15 is 0 Å².